The van der Waals surface area contributed by atoms with Gasteiger partial charge in [0.2, 0.25) is 0 Å². The second kappa shape index (κ2) is 5.26. The monoisotopic (exact) mass is 267 g/mol. The van der Waals surface area contributed by atoms with Gasteiger partial charge in [-0.25, -0.2) is 9.18 Å². The first-order chi connectivity index (χ1) is 8.99. The van der Waals surface area contributed by atoms with E-state index < -0.39 is 17.3 Å². The smallest absolute Gasteiger partial charge is 0.338 e. The van der Waals surface area contributed by atoms with E-state index in [0.717, 1.165) is 25.0 Å². The SMILES string of the molecule is CN(C(=O)COc1ccc(C(=O)O)c(F)c1)C1CC1. The molecule has 1 aromatic rings. The molecule has 0 saturated heterocycles. The van der Waals surface area contributed by atoms with E-state index in [9.17, 15) is 14.0 Å². The molecular formula is C13H14FNO4. The van der Waals surface area contributed by atoms with Gasteiger partial charge in [0.05, 0.1) is 5.56 Å². The molecule has 5 nitrogen and oxygen atoms in total. The van der Waals surface area contributed by atoms with E-state index in [1.54, 1.807) is 11.9 Å². The molecular weight excluding hydrogens is 253 g/mol. The third-order valence-electron chi connectivity index (χ3n) is 3.02. The Morgan fingerprint density at radius 3 is 2.68 bits per heavy atom. The van der Waals surface area contributed by atoms with E-state index in [1.807, 2.05) is 0 Å². The molecule has 0 atom stereocenters. The summed E-state index contributed by atoms with van der Waals surface area (Å²) in [6.45, 7) is -0.182. The van der Waals surface area contributed by atoms with Crippen LogP contribution in [-0.2, 0) is 4.79 Å². The first-order valence-corrected chi connectivity index (χ1v) is 5.90. The summed E-state index contributed by atoms with van der Waals surface area (Å²) in [5.74, 6) is -2.26. The number of benzene rings is 1. The first kappa shape index (κ1) is 13.3. The van der Waals surface area contributed by atoms with Crippen molar-refractivity contribution >= 4 is 11.9 Å². The summed E-state index contributed by atoms with van der Waals surface area (Å²) in [5, 5.41) is 8.67. The Kier molecular flexibility index (Phi) is 3.69. The number of halogens is 1. The van der Waals surface area contributed by atoms with Crippen molar-refractivity contribution in [3.8, 4) is 5.75 Å². The number of carboxylic acids is 1. The number of nitrogens with zero attached hydrogens (tertiary/aromatic N) is 1. The summed E-state index contributed by atoms with van der Waals surface area (Å²) >= 11 is 0. The number of ether oxygens (including phenoxy) is 1. The van der Waals surface area contributed by atoms with Gasteiger partial charge >= 0.3 is 5.97 Å². The molecule has 0 aromatic heterocycles. The summed E-state index contributed by atoms with van der Waals surface area (Å²) in [4.78, 5) is 23.9. The highest BCUT2D eigenvalue weighted by Crippen LogP contribution is 2.25. The van der Waals surface area contributed by atoms with Crippen LogP contribution in [0.15, 0.2) is 18.2 Å². The fraction of sp³-hybridized carbons (Fsp3) is 0.385. The minimum absolute atomic E-state index is 0.139. The van der Waals surface area contributed by atoms with E-state index in [0.29, 0.717) is 6.04 Å². The zero-order valence-electron chi connectivity index (χ0n) is 10.4. The van der Waals surface area contributed by atoms with Gasteiger partial charge < -0.3 is 14.7 Å². The Hall–Kier alpha value is -2.11. The minimum atomic E-state index is -1.34. The quantitative estimate of drug-likeness (QED) is 0.878. The molecule has 2 rings (SSSR count). The average Bonchev–Trinajstić information content (AvgIpc) is 3.18. The lowest BCUT2D eigenvalue weighted by Crippen LogP contribution is -2.33. The topological polar surface area (TPSA) is 66.8 Å². The highest BCUT2D eigenvalue weighted by Gasteiger charge is 2.29. The maximum Gasteiger partial charge on any atom is 0.338 e. The van der Waals surface area contributed by atoms with Gasteiger partial charge in [-0.05, 0) is 25.0 Å². The first-order valence-electron chi connectivity index (χ1n) is 5.90. The van der Waals surface area contributed by atoms with Crippen LogP contribution in [0.5, 0.6) is 5.75 Å². The minimum Gasteiger partial charge on any atom is -0.484 e. The van der Waals surface area contributed by atoms with Crippen molar-refractivity contribution in [3.63, 3.8) is 0 Å². The molecule has 0 unspecified atom stereocenters. The molecule has 0 aliphatic heterocycles. The highest BCUT2D eigenvalue weighted by molar-refractivity contribution is 5.88. The highest BCUT2D eigenvalue weighted by atomic mass is 19.1. The van der Waals surface area contributed by atoms with E-state index in [4.69, 9.17) is 9.84 Å². The van der Waals surface area contributed by atoms with E-state index in [-0.39, 0.29) is 18.3 Å². The molecule has 0 bridgehead atoms. The zero-order chi connectivity index (χ0) is 14.0. The molecule has 1 aliphatic carbocycles. The van der Waals surface area contributed by atoms with E-state index in [2.05, 4.69) is 0 Å². The molecule has 6 heteroatoms. The summed E-state index contributed by atoms with van der Waals surface area (Å²) in [7, 11) is 1.71. The molecule has 1 aromatic carbocycles. The normalized spacial score (nSPS) is 14.0. The van der Waals surface area contributed by atoms with Crippen molar-refractivity contribution < 1.29 is 23.8 Å². The average molecular weight is 267 g/mol. The molecule has 1 saturated carbocycles. The lowest BCUT2D eigenvalue weighted by molar-refractivity contribution is -0.132. The van der Waals surface area contributed by atoms with Crippen LogP contribution in [0, 0.1) is 5.82 Å². The molecule has 19 heavy (non-hydrogen) atoms. The second-order valence-electron chi connectivity index (χ2n) is 4.47. The van der Waals surface area contributed by atoms with E-state index in [1.165, 1.54) is 6.07 Å². The van der Waals surface area contributed by atoms with Crippen LogP contribution in [0.1, 0.15) is 23.2 Å². The fourth-order valence-electron chi connectivity index (χ4n) is 1.67. The van der Waals surface area contributed by atoms with Gasteiger partial charge in [0, 0.05) is 19.2 Å². The molecule has 102 valence electrons. The van der Waals surface area contributed by atoms with Crippen LogP contribution in [0.2, 0.25) is 0 Å². The molecule has 1 N–H and O–H groups in total. The Morgan fingerprint density at radius 2 is 2.16 bits per heavy atom. The van der Waals surface area contributed by atoms with Crippen LogP contribution < -0.4 is 4.74 Å². The summed E-state index contributed by atoms with van der Waals surface area (Å²) in [6, 6.07) is 3.70. The molecule has 0 heterocycles. The van der Waals surface area contributed by atoms with Crippen LogP contribution in [0.4, 0.5) is 4.39 Å². The van der Waals surface area contributed by atoms with Crippen molar-refractivity contribution in [1.82, 2.24) is 4.90 Å². The van der Waals surface area contributed by atoms with Gasteiger partial charge in [0.25, 0.3) is 5.91 Å². The molecule has 0 spiro atoms. The van der Waals surface area contributed by atoms with Gasteiger partial charge in [-0.1, -0.05) is 0 Å². The number of carbonyl (C=O) groups is 2. The number of rotatable bonds is 5. The third-order valence-corrected chi connectivity index (χ3v) is 3.02. The Bertz CT molecular complexity index is 513. The van der Waals surface area contributed by atoms with Gasteiger partial charge in [-0.2, -0.15) is 0 Å². The van der Waals surface area contributed by atoms with Crippen molar-refractivity contribution in [2.75, 3.05) is 13.7 Å². The molecule has 0 radical (unpaired) electrons. The number of amides is 1. The van der Waals surface area contributed by atoms with Gasteiger partial charge in [0.1, 0.15) is 11.6 Å². The Morgan fingerprint density at radius 1 is 1.47 bits per heavy atom. The number of aromatic carboxylic acids is 1. The summed E-state index contributed by atoms with van der Waals surface area (Å²) in [6.07, 6.45) is 2.01. The number of carboxylic acid groups (broad SMARTS) is 1. The van der Waals surface area contributed by atoms with Crippen LogP contribution in [0.25, 0.3) is 0 Å². The predicted octanol–water partition coefficient (Wildman–Crippen LogP) is 1.52. The van der Waals surface area contributed by atoms with Gasteiger partial charge in [-0.15, -0.1) is 0 Å². The largest absolute Gasteiger partial charge is 0.484 e. The van der Waals surface area contributed by atoms with Crippen molar-refractivity contribution in [1.29, 1.82) is 0 Å². The third kappa shape index (κ3) is 3.21. The standard InChI is InChI=1S/C13H14FNO4/c1-15(8-2-3-8)12(16)7-19-9-4-5-10(13(17)18)11(14)6-9/h4-6,8H,2-3,7H2,1H3,(H,17,18). The lowest BCUT2D eigenvalue weighted by Gasteiger charge is -2.16. The Labute approximate surface area is 109 Å². The lowest BCUT2D eigenvalue weighted by atomic mass is 10.2. The van der Waals surface area contributed by atoms with Gasteiger partial charge in [0.15, 0.2) is 6.61 Å². The van der Waals surface area contributed by atoms with Crippen LogP contribution in [0.3, 0.4) is 0 Å². The summed E-state index contributed by atoms with van der Waals surface area (Å²) < 4.78 is 18.5. The predicted molar refractivity (Wildman–Crippen MR) is 64.6 cm³/mol. The van der Waals surface area contributed by atoms with E-state index >= 15 is 0 Å². The van der Waals surface area contributed by atoms with Crippen molar-refractivity contribution in [3.05, 3.63) is 29.6 Å². The number of carbonyl (C=O) groups excluding carboxylic acids is 1. The number of hydrogen-bond acceptors (Lipinski definition) is 3. The second-order valence-corrected chi connectivity index (χ2v) is 4.47. The van der Waals surface area contributed by atoms with Gasteiger partial charge in [-0.3, -0.25) is 4.79 Å². The van der Waals surface area contributed by atoms with Crippen LogP contribution >= 0.6 is 0 Å². The zero-order valence-corrected chi connectivity index (χ0v) is 10.4. The Balaban J connectivity index is 1.94. The van der Waals surface area contributed by atoms with Crippen LogP contribution in [-0.4, -0.2) is 41.6 Å². The summed E-state index contributed by atoms with van der Waals surface area (Å²) in [5.41, 5.74) is -0.422. The fourth-order valence-corrected chi connectivity index (χ4v) is 1.67. The van der Waals surface area contributed by atoms with Crippen molar-refractivity contribution in [2.24, 2.45) is 0 Å². The number of likely N-dealkylation sites (N-methyl/N-ethyl adjacent to an activating group) is 1. The van der Waals surface area contributed by atoms with Crippen molar-refractivity contribution in [2.45, 2.75) is 18.9 Å². The molecule has 1 amide bonds. The molecule has 1 fully saturated rings. The maximum absolute atomic E-state index is 13.4. The number of hydrogen-bond donors (Lipinski definition) is 1. The maximum atomic E-state index is 13.4. The molecule has 1 aliphatic rings.